The van der Waals surface area contributed by atoms with Gasteiger partial charge in [0.1, 0.15) is 0 Å². The number of halogens is 3. The number of nitrogens with zero attached hydrogens (tertiary/aromatic N) is 2. The molecule has 2 rings (SSSR count). The third-order valence-corrected chi connectivity index (χ3v) is 3.89. The van der Waals surface area contributed by atoms with Crippen molar-refractivity contribution < 1.29 is 18.0 Å². The smallest absolute Gasteiger partial charge is 0.343 e. The third kappa shape index (κ3) is 2.66. The number of alkyl halides is 3. The van der Waals surface area contributed by atoms with Crippen molar-refractivity contribution in [2.75, 3.05) is 7.05 Å². The number of H-pyrrole nitrogens is 1. The van der Waals surface area contributed by atoms with Crippen LogP contribution in [0, 0.1) is 5.92 Å². The molecular weight excluding hydrogens is 271 g/mol. The standard InChI is InChI=1S/C13H18F3N3O/c1-7(2)19(3)12(20)8-4-5-10-9(6-8)11(18-17-10)13(14,15)16/h7-8H,4-6H2,1-3H3,(H,17,18). The van der Waals surface area contributed by atoms with Crippen LogP contribution in [0.1, 0.15) is 37.2 Å². The second kappa shape index (κ2) is 5.10. The van der Waals surface area contributed by atoms with Crippen molar-refractivity contribution in [1.82, 2.24) is 15.1 Å². The van der Waals surface area contributed by atoms with E-state index in [0.29, 0.717) is 18.5 Å². The molecule has 0 bridgehead atoms. The number of rotatable bonds is 2. The molecule has 0 saturated heterocycles. The summed E-state index contributed by atoms with van der Waals surface area (Å²) in [6.45, 7) is 3.76. The van der Waals surface area contributed by atoms with Crippen LogP contribution in [-0.4, -0.2) is 34.1 Å². The maximum absolute atomic E-state index is 12.8. The van der Waals surface area contributed by atoms with E-state index in [2.05, 4.69) is 10.2 Å². The minimum atomic E-state index is -4.47. The fourth-order valence-electron chi connectivity index (χ4n) is 2.48. The van der Waals surface area contributed by atoms with Crippen LogP contribution in [0.2, 0.25) is 0 Å². The highest BCUT2D eigenvalue weighted by atomic mass is 19.4. The number of carbonyl (C=O) groups is 1. The molecule has 1 aromatic heterocycles. The first-order valence-electron chi connectivity index (χ1n) is 6.61. The summed E-state index contributed by atoms with van der Waals surface area (Å²) in [5, 5.41) is 5.82. The number of hydrogen-bond donors (Lipinski definition) is 1. The quantitative estimate of drug-likeness (QED) is 0.909. The van der Waals surface area contributed by atoms with Crippen LogP contribution in [0.25, 0.3) is 0 Å². The van der Waals surface area contributed by atoms with Crippen LogP contribution in [0.3, 0.4) is 0 Å². The normalized spacial score (nSPS) is 19.1. The van der Waals surface area contributed by atoms with E-state index in [1.54, 1.807) is 11.9 Å². The third-order valence-electron chi connectivity index (χ3n) is 3.89. The van der Waals surface area contributed by atoms with Gasteiger partial charge >= 0.3 is 6.18 Å². The van der Waals surface area contributed by atoms with Crippen molar-refractivity contribution in [3.63, 3.8) is 0 Å². The van der Waals surface area contributed by atoms with Gasteiger partial charge in [0.05, 0.1) is 0 Å². The van der Waals surface area contributed by atoms with E-state index in [1.807, 2.05) is 13.8 Å². The zero-order valence-corrected chi connectivity index (χ0v) is 11.7. The zero-order valence-electron chi connectivity index (χ0n) is 11.7. The minimum Gasteiger partial charge on any atom is -0.343 e. The molecule has 0 saturated carbocycles. The molecule has 0 fully saturated rings. The summed E-state index contributed by atoms with van der Waals surface area (Å²) in [5.41, 5.74) is -0.218. The number of nitrogens with one attached hydrogen (secondary N) is 1. The van der Waals surface area contributed by atoms with Crippen molar-refractivity contribution in [2.24, 2.45) is 5.92 Å². The van der Waals surface area contributed by atoms with Crippen molar-refractivity contribution in [3.8, 4) is 0 Å². The number of amides is 1. The molecule has 0 aromatic carbocycles. The predicted molar refractivity (Wildman–Crippen MR) is 67.0 cm³/mol. The van der Waals surface area contributed by atoms with Gasteiger partial charge in [0.2, 0.25) is 5.91 Å². The van der Waals surface area contributed by atoms with Gasteiger partial charge in [-0.15, -0.1) is 0 Å². The molecule has 1 atom stereocenters. The summed E-state index contributed by atoms with van der Waals surface area (Å²) < 4.78 is 38.5. The monoisotopic (exact) mass is 289 g/mol. The Labute approximate surface area is 115 Å². The van der Waals surface area contributed by atoms with E-state index in [1.165, 1.54) is 0 Å². The van der Waals surface area contributed by atoms with Crippen molar-refractivity contribution >= 4 is 5.91 Å². The summed E-state index contributed by atoms with van der Waals surface area (Å²) in [4.78, 5) is 13.8. The molecule has 0 aliphatic heterocycles. The number of carbonyl (C=O) groups excluding carboxylic acids is 1. The van der Waals surface area contributed by atoms with Gasteiger partial charge in [-0.1, -0.05) is 0 Å². The highest BCUT2D eigenvalue weighted by Gasteiger charge is 2.40. The van der Waals surface area contributed by atoms with Gasteiger partial charge in [0.15, 0.2) is 5.69 Å². The Bertz CT molecular complexity index is 507. The van der Waals surface area contributed by atoms with E-state index in [-0.39, 0.29) is 23.9 Å². The number of fused-ring (bicyclic) bond motifs is 1. The second-order valence-electron chi connectivity index (χ2n) is 5.51. The first-order valence-corrected chi connectivity index (χ1v) is 6.61. The lowest BCUT2D eigenvalue weighted by atomic mass is 9.85. The molecule has 0 radical (unpaired) electrons. The Kier molecular flexibility index (Phi) is 3.80. The van der Waals surface area contributed by atoms with E-state index in [9.17, 15) is 18.0 Å². The van der Waals surface area contributed by atoms with Gasteiger partial charge in [-0.2, -0.15) is 18.3 Å². The summed E-state index contributed by atoms with van der Waals surface area (Å²) >= 11 is 0. The average molecular weight is 289 g/mol. The molecule has 4 nitrogen and oxygen atoms in total. The molecule has 1 heterocycles. The maximum Gasteiger partial charge on any atom is 0.435 e. The lowest BCUT2D eigenvalue weighted by Gasteiger charge is -2.29. The van der Waals surface area contributed by atoms with Crippen LogP contribution < -0.4 is 0 Å². The molecule has 1 aliphatic carbocycles. The Hall–Kier alpha value is -1.53. The molecule has 1 aliphatic rings. The molecule has 1 unspecified atom stereocenters. The molecule has 112 valence electrons. The minimum absolute atomic E-state index is 0.0373. The molecule has 0 spiro atoms. The van der Waals surface area contributed by atoms with Crippen molar-refractivity contribution in [1.29, 1.82) is 0 Å². The number of hydrogen-bond acceptors (Lipinski definition) is 2. The van der Waals surface area contributed by atoms with Crippen LogP contribution in [-0.2, 0) is 23.8 Å². The highest BCUT2D eigenvalue weighted by Crippen LogP contribution is 2.36. The van der Waals surface area contributed by atoms with Gasteiger partial charge in [0, 0.05) is 30.3 Å². The highest BCUT2D eigenvalue weighted by molar-refractivity contribution is 5.79. The maximum atomic E-state index is 12.8. The number of aromatic nitrogens is 2. The summed E-state index contributed by atoms with van der Waals surface area (Å²) in [6, 6.07) is 0.0373. The van der Waals surface area contributed by atoms with Crippen molar-refractivity contribution in [3.05, 3.63) is 17.0 Å². The van der Waals surface area contributed by atoms with E-state index < -0.39 is 17.8 Å². The first-order chi connectivity index (χ1) is 9.21. The van der Waals surface area contributed by atoms with Crippen LogP contribution in [0.15, 0.2) is 0 Å². The fourth-order valence-corrected chi connectivity index (χ4v) is 2.48. The Balaban J connectivity index is 2.22. The number of aryl methyl sites for hydroxylation is 1. The topological polar surface area (TPSA) is 49.0 Å². The lowest BCUT2D eigenvalue weighted by Crippen LogP contribution is -2.39. The van der Waals surface area contributed by atoms with Crippen LogP contribution in [0.4, 0.5) is 13.2 Å². The second-order valence-corrected chi connectivity index (χ2v) is 5.51. The summed E-state index contributed by atoms with van der Waals surface area (Å²) in [6.07, 6.45) is -3.38. The Morgan fingerprint density at radius 2 is 2.10 bits per heavy atom. The van der Waals surface area contributed by atoms with Crippen molar-refractivity contribution in [2.45, 2.75) is 45.3 Å². The Morgan fingerprint density at radius 1 is 1.45 bits per heavy atom. The van der Waals surface area contributed by atoms with E-state index in [4.69, 9.17) is 0 Å². The molecule has 20 heavy (non-hydrogen) atoms. The van der Waals surface area contributed by atoms with Gasteiger partial charge < -0.3 is 4.90 Å². The largest absolute Gasteiger partial charge is 0.435 e. The van der Waals surface area contributed by atoms with Crippen LogP contribution >= 0.6 is 0 Å². The lowest BCUT2D eigenvalue weighted by molar-refractivity contribution is -0.143. The molecule has 1 N–H and O–H groups in total. The van der Waals surface area contributed by atoms with E-state index >= 15 is 0 Å². The van der Waals surface area contributed by atoms with Crippen LogP contribution in [0.5, 0.6) is 0 Å². The van der Waals surface area contributed by atoms with E-state index in [0.717, 1.165) is 0 Å². The molecule has 1 aromatic rings. The SMILES string of the molecule is CC(C)N(C)C(=O)C1CCc2[nH]nc(C(F)(F)F)c2C1. The van der Waals surface area contributed by atoms with Gasteiger partial charge in [-0.25, -0.2) is 0 Å². The van der Waals surface area contributed by atoms with Gasteiger partial charge in [0.25, 0.3) is 0 Å². The van der Waals surface area contributed by atoms with Gasteiger partial charge in [-0.3, -0.25) is 9.89 Å². The molecule has 7 heteroatoms. The first kappa shape index (κ1) is 14.9. The summed E-state index contributed by atoms with van der Waals surface area (Å²) in [5.74, 6) is -0.492. The Morgan fingerprint density at radius 3 is 2.65 bits per heavy atom. The molecular formula is C13H18F3N3O. The predicted octanol–water partition coefficient (Wildman–Crippen LogP) is 2.40. The fraction of sp³-hybridized carbons (Fsp3) is 0.692. The zero-order chi connectivity index (χ0) is 15.1. The van der Waals surface area contributed by atoms with Gasteiger partial charge in [-0.05, 0) is 33.1 Å². The average Bonchev–Trinajstić information content (AvgIpc) is 2.79. The molecule has 1 amide bonds. The summed E-state index contributed by atoms with van der Waals surface area (Å²) in [7, 11) is 1.68. The number of aromatic amines is 1.